The molecule has 2 aliphatic rings. The van der Waals surface area contributed by atoms with Crippen LogP contribution in [-0.2, 0) is 16.1 Å². The second kappa shape index (κ2) is 12.0. The van der Waals surface area contributed by atoms with Gasteiger partial charge in [-0.1, -0.05) is 42.2 Å². The zero-order valence-corrected chi connectivity index (χ0v) is 21.2. The smallest absolute Gasteiger partial charge is 0.226 e. The number of hydrogen-bond donors (Lipinski definition) is 1. The van der Waals surface area contributed by atoms with Crippen molar-refractivity contribution in [1.29, 1.82) is 0 Å². The Balaban J connectivity index is 1.18. The van der Waals surface area contributed by atoms with Gasteiger partial charge in [0.25, 0.3) is 0 Å². The van der Waals surface area contributed by atoms with Crippen molar-refractivity contribution in [1.82, 2.24) is 20.0 Å². The summed E-state index contributed by atoms with van der Waals surface area (Å²) in [5.74, 6) is 1.11. The van der Waals surface area contributed by atoms with E-state index in [4.69, 9.17) is 16.3 Å². The Hall–Kier alpha value is -2.23. The summed E-state index contributed by atoms with van der Waals surface area (Å²) in [6.45, 7) is 3.54. The van der Waals surface area contributed by atoms with Gasteiger partial charge < -0.3 is 15.0 Å². The summed E-state index contributed by atoms with van der Waals surface area (Å²) in [6, 6.07) is 5.62. The van der Waals surface area contributed by atoms with Crippen molar-refractivity contribution in [3.05, 3.63) is 33.8 Å². The van der Waals surface area contributed by atoms with E-state index < -0.39 is 0 Å². The van der Waals surface area contributed by atoms with E-state index >= 15 is 0 Å². The van der Waals surface area contributed by atoms with Crippen LogP contribution in [0.25, 0.3) is 0 Å². The number of hydrogen-bond acceptors (Lipinski definition) is 7. The van der Waals surface area contributed by atoms with Crippen LogP contribution in [0.1, 0.15) is 61.4 Å². The molecule has 0 atom stereocenters. The lowest BCUT2D eigenvalue weighted by Gasteiger charge is -2.35. The highest BCUT2D eigenvalue weighted by atomic mass is 35.5. The quantitative estimate of drug-likeness (QED) is 0.575. The lowest BCUT2D eigenvalue weighted by molar-refractivity contribution is -0.134. The van der Waals surface area contributed by atoms with Crippen molar-refractivity contribution in [2.24, 2.45) is 0 Å². The van der Waals surface area contributed by atoms with E-state index in [1.807, 2.05) is 23.1 Å². The normalized spacial score (nSPS) is 17.5. The number of piperazine rings is 1. The van der Waals surface area contributed by atoms with Gasteiger partial charge in [-0.3, -0.25) is 14.5 Å². The van der Waals surface area contributed by atoms with Crippen LogP contribution in [-0.4, -0.2) is 65.1 Å². The number of methoxy groups -OCH3 is 1. The number of amides is 2. The van der Waals surface area contributed by atoms with Gasteiger partial charge in [-0.05, 0) is 31.0 Å². The van der Waals surface area contributed by atoms with Gasteiger partial charge in [0, 0.05) is 62.1 Å². The third kappa shape index (κ3) is 6.67. The van der Waals surface area contributed by atoms with E-state index in [1.165, 1.54) is 30.6 Å². The van der Waals surface area contributed by atoms with Crippen molar-refractivity contribution in [3.63, 3.8) is 0 Å². The molecule has 2 aromatic rings. The van der Waals surface area contributed by atoms with E-state index in [0.717, 1.165) is 48.8 Å². The highest BCUT2D eigenvalue weighted by molar-refractivity contribution is 7.15. The first kappa shape index (κ1) is 24.9. The van der Waals surface area contributed by atoms with Crippen molar-refractivity contribution >= 4 is 39.9 Å². The molecule has 184 valence electrons. The lowest BCUT2D eigenvalue weighted by atomic mass is 9.90. The molecule has 1 saturated heterocycles. The summed E-state index contributed by atoms with van der Waals surface area (Å²) in [5.41, 5.74) is 1.04. The molecule has 1 aliphatic carbocycles. The summed E-state index contributed by atoms with van der Waals surface area (Å²) in [6.07, 6.45) is 6.40. The Labute approximate surface area is 209 Å². The number of ether oxygens (including phenoxy) is 1. The molecule has 2 amide bonds. The van der Waals surface area contributed by atoms with Crippen molar-refractivity contribution in [3.8, 4) is 5.75 Å². The van der Waals surface area contributed by atoms with Gasteiger partial charge in [0.1, 0.15) is 10.8 Å². The van der Waals surface area contributed by atoms with Crippen LogP contribution in [0.5, 0.6) is 5.75 Å². The number of carbonyl (C=O) groups excluding carboxylic acids is 2. The van der Waals surface area contributed by atoms with E-state index in [2.05, 4.69) is 20.4 Å². The molecule has 1 aliphatic heterocycles. The van der Waals surface area contributed by atoms with Crippen LogP contribution in [0, 0.1) is 0 Å². The number of nitrogens with zero attached hydrogens (tertiary/aromatic N) is 4. The summed E-state index contributed by atoms with van der Waals surface area (Å²) in [5, 5.41) is 13.4. The molecule has 2 heterocycles. The third-order valence-electron chi connectivity index (χ3n) is 6.57. The first-order valence-electron chi connectivity index (χ1n) is 12.0. The highest BCUT2D eigenvalue weighted by Crippen LogP contribution is 2.35. The Morgan fingerprint density at radius 2 is 1.88 bits per heavy atom. The predicted octanol–water partition coefficient (Wildman–Crippen LogP) is 4.31. The number of aromatic nitrogens is 2. The fraction of sp³-hybridized carbons (Fsp3) is 0.583. The first-order chi connectivity index (χ1) is 16.5. The van der Waals surface area contributed by atoms with Gasteiger partial charge >= 0.3 is 0 Å². The van der Waals surface area contributed by atoms with E-state index in [0.29, 0.717) is 29.2 Å². The average molecular weight is 506 g/mol. The van der Waals surface area contributed by atoms with Crippen LogP contribution < -0.4 is 10.1 Å². The van der Waals surface area contributed by atoms with Gasteiger partial charge in [0.2, 0.25) is 16.9 Å². The molecule has 0 spiro atoms. The van der Waals surface area contributed by atoms with E-state index in [-0.39, 0.29) is 24.7 Å². The molecule has 1 N–H and O–H groups in total. The van der Waals surface area contributed by atoms with E-state index in [9.17, 15) is 9.59 Å². The maximum Gasteiger partial charge on any atom is 0.226 e. The Morgan fingerprint density at radius 1 is 1.12 bits per heavy atom. The second-order valence-electron chi connectivity index (χ2n) is 8.94. The van der Waals surface area contributed by atoms with Gasteiger partial charge in [-0.2, -0.15) is 0 Å². The van der Waals surface area contributed by atoms with Crippen LogP contribution in [0.3, 0.4) is 0 Å². The summed E-state index contributed by atoms with van der Waals surface area (Å²) in [4.78, 5) is 29.1. The highest BCUT2D eigenvalue weighted by Gasteiger charge is 2.23. The molecular weight excluding hydrogens is 474 g/mol. The molecule has 4 rings (SSSR count). The number of nitrogens with one attached hydrogen (secondary N) is 1. The molecule has 34 heavy (non-hydrogen) atoms. The Morgan fingerprint density at radius 3 is 2.62 bits per heavy atom. The van der Waals surface area contributed by atoms with E-state index in [1.54, 1.807) is 7.11 Å². The number of halogens is 1. The van der Waals surface area contributed by atoms with Crippen LogP contribution in [0.15, 0.2) is 18.2 Å². The summed E-state index contributed by atoms with van der Waals surface area (Å²) < 4.78 is 5.43. The molecule has 0 unspecified atom stereocenters. The fourth-order valence-corrected chi connectivity index (χ4v) is 5.75. The molecular formula is C24H32ClN5O3S. The van der Waals surface area contributed by atoms with Crippen molar-refractivity contribution < 1.29 is 14.3 Å². The number of anilines is 1. The number of carbonyl (C=O) groups is 2. The molecule has 0 bridgehead atoms. The second-order valence-corrected chi connectivity index (χ2v) is 10.4. The molecule has 1 aromatic heterocycles. The van der Waals surface area contributed by atoms with Crippen molar-refractivity contribution in [2.75, 3.05) is 38.6 Å². The standard InChI is InChI=1S/C24H32ClN5O3S/c1-33-20-8-7-19(25)15-18(20)16-29-11-13-30(14-12-29)22(32)10-9-21(31)26-24-28-27-23(34-24)17-5-3-2-4-6-17/h7-8,15,17H,2-6,9-14,16H2,1H3,(H,26,28,31). The molecule has 10 heteroatoms. The number of benzene rings is 1. The molecule has 8 nitrogen and oxygen atoms in total. The van der Waals surface area contributed by atoms with Gasteiger partial charge in [0.15, 0.2) is 0 Å². The van der Waals surface area contributed by atoms with Gasteiger partial charge in [-0.15, -0.1) is 10.2 Å². The van der Waals surface area contributed by atoms with Crippen LogP contribution in [0.4, 0.5) is 5.13 Å². The van der Waals surface area contributed by atoms with Gasteiger partial charge in [-0.25, -0.2) is 0 Å². The summed E-state index contributed by atoms with van der Waals surface area (Å²) >= 11 is 7.60. The molecule has 0 radical (unpaired) electrons. The third-order valence-corrected chi connectivity index (χ3v) is 7.80. The number of rotatable bonds is 8. The Bertz CT molecular complexity index is 987. The molecule has 1 saturated carbocycles. The monoisotopic (exact) mass is 505 g/mol. The minimum atomic E-state index is -0.189. The maximum atomic E-state index is 12.6. The SMILES string of the molecule is COc1ccc(Cl)cc1CN1CCN(C(=O)CCC(=O)Nc2nnc(C3CCCCC3)s2)CC1. The topological polar surface area (TPSA) is 87.7 Å². The Kier molecular flexibility index (Phi) is 8.74. The fourth-order valence-electron chi connectivity index (χ4n) is 4.63. The first-order valence-corrected chi connectivity index (χ1v) is 13.2. The molecule has 1 aromatic carbocycles. The maximum absolute atomic E-state index is 12.6. The predicted molar refractivity (Wildman–Crippen MR) is 133 cm³/mol. The molecule has 2 fully saturated rings. The van der Waals surface area contributed by atoms with Crippen LogP contribution >= 0.6 is 22.9 Å². The zero-order chi connectivity index (χ0) is 23.9. The van der Waals surface area contributed by atoms with Gasteiger partial charge in [0.05, 0.1) is 7.11 Å². The van der Waals surface area contributed by atoms with Crippen molar-refractivity contribution in [2.45, 2.75) is 57.4 Å². The lowest BCUT2D eigenvalue weighted by Crippen LogP contribution is -2.48. The largest absolute Gasteiger partial charge is 0.496 e. The minimum Gasteiger partial charge on any atom is -0.496 e. The van der Waals surface area contributed by atoms with Crippen LogP contribution in [0.2, 0.25) is 5.02 Å². The average Bonchev–Trinajstić information content (AvgIpc) is 3.32. The minimum absolute atomic E-state index is 0.00953. The zero-order valence-electron chi connectivity index (χ0n) is 19.6. The summed E-state index contributed by atoms with van der Waals surface area (Å²) in [7, 11) is 1.65.